The van der Waals surface area contributed by atoms with E-state index in [0.29, 0.717) is 0 Å². The summed E-state index contributed by atoms with van der Waals surface area (Å²) in [7, 11) is 0. The SMILES string of the molecule is CCc1nccn1C(c1ccc(C)s1)C(C)N. The van der Waals surface area contributed by atoms with Crippen LogP contribution in [0.15, 0.2) is 24.5 Å². The first-order chi connectivity index (χ1) is 8.13. The molecule has 0 aliphatic rings. The number of rotatable bonds is 4. The predicted octanol–water partition coefficient (Wildman–Crippen LogP) is 2.75. The fraction of sp³-hybridized carbons (Fsp3) is 0.462. The lowest BCUT2D eigenvalue weighted by molar-refractivity contribution is 0.488. The molecule has 0 radical (unpaired) electrons. The number of aryl methyl sites for hydroxylation is 2. The quantitative estimate of drug-likeness (QED) is 0.905. The van der Waals surface area contributed by atoms with E-state index in [1.165, 1.54) is 9.75 Å². The summed E-state index contributed by atoms with van der Waals surface area (Å²) in [5, 5.41) is 0. The Kier molecular flexibility index (Phi) is 3.64. The third kappa shape index (κ3) is 2.42. The van der Waals surface area contributed by atoms with E-state index in [4.69, 9.17) is 5.73 Å². The van der Waals surface area contributed by atoms with Gasteiger partial charge in [-0.15, -0.1) is 11.3 Å². The first kappa shape index (κ1) is 12.3. The fourth-order valence-corrected chi connectivity index (χ4v) is 3.23. The van der Waals surface area contributed by atoms with E-state index in [0.717, 1.165) is 12.2 Å². The van der Waals surface area contributed by atoms with Gasteiger partial charge in [0.2, 0.25) is 0 Å². The van der Waals surface area contributed by atoms with Gasteiger partial charge in [-0.2, -0.15) is 0 Å². The Bertz CT molecular complexity index is 484. The first-order valence-corrected chi connectivity index (χ1v) is 6.78. The first-order valence-electron chi connectivity index (χ1n) is 5.97. The number of thiophene rings is 1. The van der Waals surface area contributed by atoms with Gasteiger partial charge >= 0.3 is 0 Å². The Balaban J connectivity index is 2.42. The van der Waals surface area contributed by atoms with Gasteiger partial charge in [-0.3, -0.25) is 0 Å². The van der Waals surface area contributed by atoms with Crippen molar-refractivity contribution in [1.82, 2.24) is 9.55 Å². The van der Waals surface area contributed by atoms with Crippen molar-refractivity contribution < 1.29 is 0 Å². The van der Waals surface area contributed by atoms with E-state index in [2.05, 4.69) is 42.5 Å². The molecule has 0 fully saturated rings. The van der Waals surface area contributed by atoms with Gasteiger partial charge in [0, 0.05) is 34.6 Å². The number of imidazole rings is 1. The summed E-state index contributed by atoms with van der Waals surface area (Å²) in [4.78, 5) is 7.02. The molecule has 0 saturated heterocycles. The van der Waals surface area contributed by atoms with Crippen molar-refractivity contribution in [2.24, 2.45) is 5.73 Å². The maximum absolute atomic E-state index is 6.15. The smallest absolute Gasteiger partial charge is 0.108 e. The number of aromatic nitrogens is 2. The Hall–Kier alpha value is -1.13. The predicted molar refractivity (Wildman–Crippen MR) is 72.4 cm³/mol. The van der Waals surface area contributed by atoms with Gasteiger partial charge < -0.3 is 10.3 Å². The van der Waals surface area contributed by atoms with Crippen LogP contribution in [0, 0.1) is 6.92 Å². The molecule has 2 unspecified atom stereocenters. The Labute approximate surface area is 106 Å². The van der Waals surface area contributed by atoms with E-state index >= 15 is 0 Å². The van der Waals surface area contributed by atoms with Crippen LogP contribution in [0.3, 0.4) is 0 Å². The molecule has 17 heavy (non-hydrogen) atoms. The minimum Gasteiger partial charge on any atom is -0.326 e. The lowest BCUT2D eigenvalue weighted by atomic mass is 10.1. The molecule has 0 amide bonds. The van der Waals surface area contributed by atoms with Crippen molar-refractivity contribution in [1.29, 1.82) is 0 Å². The van der Waals surface area contributed by atoms with Crippen molar-refractivity contribution in [3.8, 4) is 0 Å². The van der Waals surface area contributed by atoms with Crippen LogP contribution in [-0.4, -0.2) is 15.6 Å². The second kappa shape index (κ2) is 5.02. The summed E-state index contributed by atoms with van der Waals surface area (Å²) in [5.74, 6) is 1.10. The Morgan fingerprint density at radius 2 is 2.24 bits per heavy atom. The minimum atomic E-state index is 0.0764. The minimum absolute atomic E-state index is 0.0764. The molecule has 0 aliphatic heterocycles. The number of nitrogens with two attached hydrogens (primary N) is 1. The maximum Gasteiger partial charge on any atom is 0.108 e. The summed E-state index contributed by atoms with van der Waals surface area (Å²) < 4.78 is 2.20. The van der Waals surface area contributed by atoms with E-state index in [1.807, 2.05) is 23.7 Å². The molecule has 2 N–H and O–H groups in total. The second-order valence-electron chi connectivity index (χ2n) is 4.36. The second-order valence-corrected chi connectivity index (χ2v) is 5.68. The molecule has 0 bridgehead atoms. The molecule has 92 valence electrons. The van der Waals surface area contributed by atoms with Gasteiger partial charge in [-0.05, 0) is 26.0 Å². The molecule has 0 spiro atoms. The lowest BCUT2D eigenvalue weighted by Crippen LogP contribution is -2.30. The highest BCUT2D eigenvalue weighted by atomic mass is 32.1. The van der Waals surface area contributed by atoms with Gasteiger partial charge in [-0.25, -0.2) is 4.98 Å². The number of nitrogens with zero attached hydrogens (tertiary/aromatic N) is 2. The molecule has 2 heterocycles. The highest BCUT2D eigenvalue weighted by Crippen LogP contribution is 2.29. The lowest BCUT2D eigenvalue weighted by Gasteiger charge is -2.23. The zero-order chi connectivity index (χ0) is 12.4. The monoisotopic (exact) mass is 249 g/mol. The van der Waals surface area contributed by atoms with Crippen LogP contribution in [0.1, 0.15) is 35.5 Å². The van der Waals surface area contributed by atoms with Crippen LogP contribution in [0.5, 0.6) is 0 Å². The molecule has 2 atom stereocenters. The standard InChI is InChI=1S/C13H19N3S/c1-4-12-15-7-8-16(12)13(10(3)14)11-6-5-9(2)17-11/h5-8,10,13H,4,14H2,1-3H3. The maximum atomic E-state index is 6.15. The van der Waals surface area contributed by atoms with E-state index in [1.54, 1.807) is 0 Å². The summed E-state index contributed by atoms with van der Waals surface area (Å²) in [6.07, 6.45) is 4.82. The summed E-state index contributed by atoms with van der Waals surface area (Å²) >= 11 is 1.81. The summed E-state index contributed by atoms with van der Waals surface area (Å²) in [6.45, 7) is 6.30. The highest BCUT2D eigenvalue weighted by molar-refractivity contribution is 7.12. The molecule has 3 nitrogen and oxygen atoms in total. The van der Waals surface area contributed by atoms with Gasteiger partial charge in [-0.1, -0.05) is 6.92 Å². The van der Waals surface area contributed by atoms with Crippen LogP contribution in [0.25, 0.3) is 0 Å². The molecule has 2 aromatic heterocycles. The molecule has 4 heteroatoms. The summed E-state index contributed by atoms with van der Waals surface area (Å²) in [5.41, 5.74) is 6.15. The zero-order valence-electron chi connectivity index (χ0n) is 10.6. The normalized spacial score (nSPS) is 14.8. The van der Waals surface area contributed by atoms with Crippen LogP contribution in [0.4, 0.5) is 0 Å². The molecule has 2 rings (SSSR count). The van der Waals surface area contributed by atoms with Crippen molar-refractivity contribution in [2.75, 3.05) is 0 Å². The fourth-order valence-electron chi connectivity index (χ4n) is 2.13. The Morgan fingerprint density at radius 1 is 1.47 bits per heavy atom. The van der Waals surface area contributed by atoms with Crippen LogP contribution in [-0.2, 0) is 6.42 Å². The van der Waals surface area contributed by atoms with Crippen molar-refractivity contribution in [3.05, 3.63) is 40.1 Å². The average Bonchev–Trinajstić information content (AvgIpc) is 2.88. The molecule has 2 aromatic rings. The summed E-state index contributed by atoms with van der Waals surface area (Å²) in [6, 6.07) is 4.60. The molecule has 0 aromatic carbocycles. The topological polar surface area (TPSA) is 43.8 Å². The average molecular weight is 249 g/mol. The highest BCUT2D eigenvalue weighted by Gasteiger charge is 2.21. The van der Waals surface area contributed by atoms with E-state index in [9.17, 15) is 0 Å². The van der Waals surface area contributed by atoms with Crippen molar-refractivity contribution in [2.45, 2.75) is 39.3 Å². The van der Waals surface area contributed by atoms with Crippen LogP contribution in [0.2, 0.25) is 0 Å². The molecular weight excluding hydrogens is 230 g/mol. The van der Waals surface area contributed by atoms with Crippen molar-refractivity contribution >= 4 is 11.3 Å². The van der Waals surface area contributed by atoms with Gasteiger partial charge in [0.15, 0.2) is 0 Å². The third-order valence-corrected chi connectivity index (χ3v) is 3.99. The van der Waals surface area contributed by atoms with Gasteiger partial charge in [0.25, 0.3) is 0 Å². The molecular formula is C13H19N3S. The van der Waals surface area contributed by atoms with Crippen molar-refractivity contribution in [3.63, 3.8) is 0 Å². The van der Waals surface area contributed by atoms with E-state index in [-0.39, 0.29) is 12.1 Å². The molecule has 0 saturated carbocycles. The number of hydrogen-bond donors (Lipinski definition) is 1. The van der Waals surface area contributed by atoms with Gasteiger partial charge in [0.05, 0.1) is 6.04 Å². The number of hydrogen-bond acceptors (Lipinski definition) is 3. The van der Waals surface area contributed by atoms with Crippen LogP contribution < -0.4 is 5.73 Å². The molecule has 0 aliphatic carbocycles. The third-order valence-electron chi connectivity index (χ3n) is 2.92. The zero-order valence-corrected chi connectivity index (χ0v) is 11.4. The Morgan fingerprint density at radius 3 is 2.76 bits per heavy atom. The largest absolute Gasteiger partial charge is 0.326 e. The van der Waals surface area contributed by atoms with Gasteiger partial charge in [0.1, 0.15) is 5.82 Å². The van der Waals surface area contributed by atoms with Crippen LogP contribution >= 0.6 is 11.3 Å². The van der Waals surface area contributed by atoms with E-state index < -0.39 is 0 Å².